The van der Waals surface area contributed by atoms with Gasteiger partial charge in [0, 0.05) is 6.04 Å². The summed E-state index contributed by atoms with van der Waals surface area (Å²) in [5, 5.41) is 12.2. The summed E-state index contributed by atoms with van der Waals surface area (Å²) in [5.74, 6) is 0.323. The number of carbonyl (C=O) groups is 1. The number of carboxylic acids is 1. The molecular formula is C12H17NO3. The largest absolute Gasteiger partial charge is 0.478 e. The second-order valence-corrected chi connectivity index (χ2v) is 4.42. The van der Waals surface area contributed by atoms with E-state index < -0.39 is 5.97 Å². The second kappa shape index (κ2) is 4.70. The number of nitrogens with one attached hydrogen (secondary N) is 1. The fourth-order valence-electron chi connectivity index (χ4n) is 2.03. The van der Waals surface area contributed by atoms with Gasteiger partial charge in [-0.1, -0.05) is 6.42 Å². The molecule has 0 spiro atoms. The maximum atomic E-state index is 10.8. The molecule has 88 valence electrons. The number of carboxylic acid groups (broad SMARTS) is 1. The standard InChI is InChI=1S/C12H17NO3/c1-8(9-3-2-4-9)13-7-11-10(12(14)15)5-6-16-11/h5-6,8-9,13H,2-4,7H2,1H3,(H,14,15). The Morgan fingerprint density at radius 3 is 3.00 bits per heavy atom. The number of rotatable bonds is 5. The Kier molecular flexibility index (Phi) is 3.29. The highest BCUT2D eigenvalue weighted by Crippen LogP contribution is 2.29. The van der Waals surface area contributed by atoms with Crippen molar-refractivity contribution in [1.29, 1.82) is 0 Å². The minimum Gasteiger partial charge on any atom is -0.478 e. The van der Waals surface area contributed by atoms with E-state index in [1.165, 1.54) is 31.6 Å². The molecule has 1 aromatic rings. The molecule has 0 radical (unpaired) electrons. The summed E-state index contributed by atoms with van der Waals surface area (Å²) >= 11 is 0. The molecule has 1 atom stereocenters. The Bertz CT molecular complexity index is 368. The number of hydrogen-bond donors (Lipinski definition) is 2. The predicted octanol–water partition coefficient (Wildman–Crippen LogP) is 2.26. The fourth-order valence-corrected chi connectivity index (χ4v) is 2.03. The van der Waals surface area contributed by atoms with Crippen LogP contribution in [0.25, 0.3) is 0 Å². The quantitative estimate of drug-likeness (QED) is 0.803. The lowest BCUT2D eigenvalue weighted by Crippen LogP contribution is -2.36. The molecule has 16 heavy (non-hydrogen) atoms. The van der Waals surface area contributed by atoms with E-state index in [1.54, 1.807) is 0 Å². The third-order valence-electron chi connectivity index (χ3n) is 3.42. The van der Waals surface area contributed by atoms with Gasteiger partial charge in [0.15, 0.2) is 0 Å². The molecule has 2 rings (SSSR count). The Labute approximate surface area is 94.6 Å². The van der Waals surface area contributed by atoms with Gasteiger partial charge in [-0.2, -0.15) is 0 Å². The second-order valence-electron chi connectivity index (χ2n) is 4.42. The molecule has 1 saturated carbocycles. The van der Waals surface area contributed by atoms with E-state index in [0.29, 0.717) is 18.3 Å². The van der Waals surface area contributed by atoms with Crippen LogP contribution < -0.4 is 5.32 Å². The monoisotopic (exact) mass is 223 g/mol. The average Bonchev–Trinajstić information content (AvgIpc) is 2.59. The zero-order valence-corrected chi connectivity index (χ0v) is 9.40. The van der Waals surface area contributed by atoms with Crippen LogP contribution in [0.15, 0.2) is 16.7 Å². The van der Waals surface area contributed by atoms with Gasteiger partial charge in [0.2, 0.25) is 0 Å². The molecule has 1 unspecified atom stereocenters. The summed E-state index contributed by atoms with van der Waals surface area (Å²) in [5.41, 5.74) is 0.258. The molecule has 0 saturated heterocycles. The normalized spacial score (nSPS) is 18.1. The van der Waals surface area contributed by atoms with Gasteiger partial charge in [0.1, 0.15) is 11.3 Å². The summed E-state index contributed by atoms with van der Waals surface area (Å²) in [6.45, 7) is 2.64. The van der Waals surface area contributed by atoms with Crippen LogP contribution in [0.5, 0.6) is 0 Å². The van der Waals surface area contributed by atoms with Crippen molar-refractivity contribution in [2.45, 2.75) is 38.8 Å². The van der Waals surface area contributed by atoms with Crippen LogP contribution in [0.1, 0.15) is 42.3 Å². The fraction of sp³-hybridized carbons (Fsp3) is 0.583. The van der Waals surface area contributed by atoms with Gasteiger partial charge < -0.3 is 14.8 Å². The molecule has 1 aliphatic rings. The van der Waals surface area contributed by atoms with Crippen molar-refractivity contribution in [2.75, 3.05) is 0 Å². The molecule has 1 aromatic heterocycles. The van der Waals surface area contributed by atoms with Crippen LogP contribution in [0, 0.1) is 5.92 Å². The number of aromatic carboxylic acids is 1. The molecule has 0 aromatic carbocycles. The van der Waals surface area contributed by atoms with Gasteiger partial charge >= 0.3 is 5.97 Å². The lowest BCUT2D eigenvalue weighted by Gasteiger charge is -2.31. The Hall–Kier alpha value is -1.29. The van der Waals surface area contributed by atoms with E-state index in [-0.39, 0.29) is 5.56 Å². The van der Waals surface area contributed by atoms with Crippen LogP contribution in [0.4, 0.5) is 0 Å². The highest BCUT2D eigenvalue weighted by molar-refractivity contribution is 5.88. The lowest BCUT2D eigenvalue weighted by atomic mass is 9.80. The Morgan fingerprint density at radius 2 is 2.44 bits per heavy atom. The van der Waals surface area contributed by atoms with Gasteiger partial charge in [0.25, 0.3) is 0 Å². The first kappa shape index (κ1) is 11.2. The topological polar surface area (TPSA) is 62.5 Å². The molecule has 0 aliphatic heterocycles. The lowest BCUT2D eigenvalue weighted by molar-refractivity contribution is 0.0694. The molecule has 4 heteroatoms. The van der Waals surface area contributed by atoms with Gasteiger partial charge in [-0.3, -0.25) is 0 Å². The van der Waals surface area contributed by atoms with E-state index >= 15 is 0 Å². The van der Waals surface area contributed by atoms with Crippen molar-refractivity contribution in [3.63, 3.8) is 0 Å². The first-order valence-corrected chi connectivity index (χ1v) is 5.71. The highest BCUT2D eigenvalue weighted by Gasteiger charge is 2.24. The maximum Gasteiger partial charge on any atom is 0.339 e. The van der Waals surface area contributed by atoms with E-state index in [4.69, 9.17) is 9.52 Å². The predicted molar refractivity (Wildman–Crippen MR) is 59.3 cm³/mol. The Balaban J connectivity index is 1.88. The van der Waals surface area contributed by atoms with Crippen molar-refractivity contribution >= 4 is 5.97 Å². The smallest absolute Gasteiger partial charge is 0.339 e. The van der Waals surface area contributed by atoms with Crippen molar-refractivity contribution in [1.82, 2.24) is 5.32 Å². The van der Waals surface area contributed by atoms with Crippen LogP contribution in [0.3, 0.4) is 0 Å². The van der Waals surface area contributed by atoms with E-state index in [9.17, 15) is 4.79 Å². The van der Waals surface area contributed by atoms with Gasteiger partial charge in [-0.25, -0.2) is 4.79 Å². The average molecular weight is 223 g/mol. The molecular weight excluding hydrogens is 206 g/mol. The van der Waals surface area contributed by atoms with Crippen molar-refractivity contribution in [2.24, 2.45) is 5.92 Å². The minimum absolute atomic E-state index is 0.258. The van der Waals surface area contributed by atoms with Gasteiger partial charge in [-0.15, -0.1) is 0 Å². The van der Waals surface area contributed by atoms with Crippen molar-refractivity contribution in [3.8, 4) is 0 Å². The third-order valence-corrected chi connectivity index (χ3v) is 3.42. The first-order valence-electron chi connectivity index (χ1n) is 5.71. The summed E-state index contributed by atoms with van der Waals surface area (Å²) in [7, 11) is 0. The van der Waals surface area contributed by atoms with E-state index in [1.807, 2.05) is 0 Å². The van der Waals surface area contributed by atoms with Crippen molar-refractivity contribution < 1.29 is 14.3 Å². The molecule has 1 fully saturated rings. The van der Waals surface area contributed by atoms with Crippen LogP contribution >= 0.6 is 0 Å². The zero-order chi connectivity index (χ0) is 11.5. The van der Waals surface area contributed by atoms with E-state index in [2.05, 4.69) is 12.2 Å². The van der Waals surface area contributed by atoms with E-state index in [0.717, 1.165) is 5.92 Å². The number of furan rings is 1. The summed E-state index contributed by atoms with van der Waals surface area (Å²) in [4.78, 5) is 10.8. The van der Waals surface area contributed by atoms with Gasteiger partial charge in [-0.05, 0) is 31.7 Å². The van der Waals surface area contributed by atoms with Crippen LogP contribution in [-0.2, 0) is 6.54 Å². The summed E-state index contributed by atoms with van der Waals surface area (Å²) in [6.07, 6.45) is 5.29. The molecule has 4 nitrogen and oxygen atoms in total. The zero-order valence-electron chi connectivity index (χ0n) is 9.40. The molecule has 0 bridgehead atoms. The van der Waals surface area contributed by atoms with Crippen LogP contribution in [0.2, 0.25) is 0 Å². The third kappa shape index (κ3) is 2.27. The Morgan fingerprint density at radius 1 is 1.69 bits per heavy atom. The molecule has 1 aliphatic carbocycles. The summed E-state index contributed by atoms with van der Waals surface area (Å²) < 4.78 is 5.16. The molecule has 0 amide bonds. The van der Waals surface area contributed by atoms with Crippen LogP contribution in [-0.4, -0.2) is 17.1 Å². The minimum atomic E-state index is -0.929. The number of hydrogen-bond acceptors (Lipinski definition) is 3. The van der Waals surface area contributed by atoms with Gasteiger partial charge in [0.05, 0.1) is 12.8 Å². The molecule has 1 heterocycles. The SMILES string of the molecule is CC(NCc1occc1C(=O)O)C1CCC1. The molecule has 2 N–H and O–H groups in total. The van der Waals surface area contributed by atoms with Crippen molar-refractivity contribution in [3.05, 3.63) is 23.7 Å². The first-order chi connectivity index (χ1) is 7.68. The summed E-state index contributed by atoms with van der Waals surface area (Å²) in [6, 6.07) is 1.92. The highest BCUT2D eigenvalue weighted by atomic mass is 16.4. The maximum absolute atomic E-state index is 10.8.